The molecule has 0 unspecified atom stereocenters. The van der Waals surface area contributed by atoms with Crippen molar-refractivity contribution in [3.05, 3.63) is 35.6 Å². The van der Waals surface area contributed by atoms with E-state index in [0.29, 0.717) is 12.2 Å². The van der Waals surface area contributed by atoms with Crippen LogP contribution in [0.3, 0.4) is 0 Å². The summed E-state index contributed by atoms with van der Waals surface area (Å²) in [7, 11) is 0. The van der Waals surface area contributed by atoms with Crippen molar-refractivity contribution in [3.8, 4) is 0 Å². The number of hydrogen-bond donors (Lipinski definition) is 0. The molecule has 0 aliphatic carbocycles. The van der Waals surface area contributed by atoms with Gasteiger partial charge in [0, 0.05) is 13.0 Å². The SMILES string of the molecule is CCOCC(=O)Cc1cccc(F)c1. The van der Waals surface area contributed by atoms with E-state index in [0.717, 1.165) is 0 Å². The van der Waals surface area contributed by atoms with Crippen molar-refractivity contribution >= 4 is 5.78 Å². The number of ether oxygens (including phenoxy) is 1. The minimum Gasteiger partial charge on any atom is -0.374 e. The van der Waals surface area contributed by atoms with Gasteiger partial charge in [0.05, 0.1) is 0 Å². The average molecular weight is 196 g/mol. The lowest BCUT2D eigenvalue weighted by atomic mass is 10.1. The quantitative estimate of drug-likeness (QED) is 0.719. The van der Waals surface area contributed by atoms with Gasteiger partial charge in [0.2, 0.25) is 0 Å². The summed E-state index contributed by atoms with van der Waals surface area (Å²) in [6.07, 6.45) is 0.234. The van der Waals surface area contributed by atoms with E-state index in [1.807, 2.05) is 6.92 Å². The smallest absolute Gasteiger partial charge is 0.162 e. The van der Waals surface area contributed by atoms with Gasteiger partial charge in [0.15, 0.2) is 5.78 Å². The van der Waals surface area contributed by atoms with Crippen molar-refractivity contribution in [2.24, 2.45) is 0 Å². The highest BCUT2D eigenvalue weighted by atomic mass is 19.1. The monoisotopic (exact) mass is 196 g/mol. The van der Waals surface area contributed by atoms with Crippen molar-refractivity contribution in [1.82, 2.24) is 0 Å². The predicted octanol–water partition coefficient (Wildman–Crippen LogP) is 1.97. The molecule has 0 spiro atoms. The van der Waals surface area contributed by atoms with Crippen LogP contribution in [0.15, 0.2) is 24.3 Å². The molecule has 3 heteroatoms. The summed E-state index contributed by atoms with van der Waals surface area (Å²) < 4.78 is 17.7. The van der Waals surface area contributed by atoms with E-state index < -0.39 is 0 Å². The average Bonchev–Trinajstić information content (AvgIpc) is 2.15. The van der Waals surface area contributed by atoms with Crippen LogP contribution in [-0.4, -0.2) is 19.0 Å². The molecule has 1 aromatic rings. The first kappa shape index (κ1) is 10.9. The number of carbonyl (C=O) groups excluding carboxylic acids is 1. The summed E-state index contributed by atoms with van der Waals surface area (Å²) in [4.78, 5) is 11.2. The maximum atomic E-state index is 12.7. The second-order valence-corrected chi connectivity index (χ2v) is 2.98. The molecule has 0 bridgehead atoms. The number of carbonyl (C=O) groups is 1. The van der Waals surface area contributed by atoms with Crippen LogP contribution in [0.25, 0.3) is 0 Å². The van der Waals surface area contributed by atoms with Gasteiger partial charge in [0.25, 0.3) is 0 Å². The normalized spacial score (nSPS) is 10.1. The molecule has 0 fully saturated rings. The van der Waals surface area contributed by atoms with Crippen molar-refractivity contribution in [1.29, 1.82) is 0 Å². The molecule has 1 rings (SSSR count). The van der Waals surface area contributed by atoms with Gasteiger partial charge in [0.1, 0.15) is 12.4 Å². The standard InChI is InChI=1S/C11H13FO2/c1-2-14-8-11(13)7-9-4-3-5-10(12)6-9/h3-6H,2,7-8H2,1H3. The topological polar surface area (TPSA) is 26.3 Å². The summed E-state index contributed by atoms with van der Waals surface area (Å²) >= 11 is 0. The molecule has 0 amide bonds. The molecular weight excluding hydrogens is 183 g/mol. The maximum absolute atomic E-state index is 12.7. The highest BCUT2D eigenvalue weighted by Crippen LogP contribution is 2.04. The minimum absolute atomic E-state index is 0.0301. The predicted molar refractivity (Wildman–Crippen MR) is 51.6 cm³/mol. The third kappa shape index (κ3) is 3.66. The van der Waals surface area contributed by atoms with Crippen LogP contribution in [0.4, 0.5) is 4.39 Å². The Balaban J connectivity index is 2.47. The van der Waals surface area contributed by atoms with Gasteiger partial charge in [-0.1, -0.05) is 12.1 Å². The molecule has 0 radical (unpaired) electrons. The molecule has 14 heavy (non-hydrogen) atoms. The maximum Gasteiger partial charge on any atom is 0.162 e. The lowest BCUT2D eigenvalue weighted by Gasteiger charge is -2.01. The van der Waals surface area contributed by atoms with E-state index in [-0.39, 0.29) is 24.6 Å². The lowest BCUT2D eigenvalue weighted by molar-refractivity contribution is -0.122. The molecule has 0 aliphatic heterocycles. The van der Waals surface area contributed by atoms with E-state index in [1.54, 1.807) is 12.1 Å². The van der Waals surface area contributed by atoms with Crippen LogP contribution in [0.1, 0.15) is 12.5 Å². The van der Waals surface area contributed by atoms with Gasteiger partial charge in [-0.05, 0) is 24.6 Å². The fourth-order valence-electron chi connectivity index (χ4n) is 1.14. The van der Waals surface area contributed by atoms with Gasteiger partial charge in [-0.25, -0.2) is 4.39 Å². The van der Waals surface area contributed by atoms with Gasteiger partial charge >= 0.3 is 0 Å². The molecule has 0 atom stereocenters. The Kier molecular flexibility index (Phi) is 4.26. The van der Waals surface area contributed by atoms with Crippen molar-refractivity contribution in [2.45, 2.75) is 13.3 Å². The number of ketones is 1. The lowest BCUT2D eigenvalue weighted by Crippen LogP contribution is -2.11. The fourth-order valence-corrected chi connectivity index (χ4v) is 1.14. The summed E-state index contributed by atoms with van der Waals surface area (Å²) in [5, 5.41) is 0. The Morgan fingerprint density at radius 2 is 2.29 bits per heavy atom. The summed E-state index contributed by atoms with van der Waals surface area (Å²) in [6, 6.07) is 6.05. The molecule has 0 saturated carbocycles. The number of halogens is 1. The van der Waals surface area contributed by atoms with Crippen molar-refractivity contribution < 1.29 is 13.9 Å². The number of Topliss-reactive ketones (excluding diaryl/α,β-unsaturated/α-hetero) is 1. The Morgan fingerprint density at radius 3 is 2.93 bits per heavy atom. The first-order chi connectivity index (χ1) is 6.72. The number of hydrogen-bond acceptors (Lipinski definition) is 2. The number of rotatable bonds is 5. The second-order valence-electron chi connectivity index (χ2n) is 2.98. The van der Waals surface area contributed by atoms with E-state index >= 15 is 0 Å². The van der Waals surface area contributed by atoms with E-state index in [4.69, 9.17) is 4.74 Å². The summed E-state index contributed by atoms with van der Waals surface area (Å²) in [6.45, 7) is 2.46. The van der Waals surface area contributed by atoms with Crippen molar-refractivity contribution in [2.75, 3.05) is 13.2 Å². The van der Waals surface area contributed by atoms with Gasteiger partial charge < -0.3 is 4.74 Å². The van der Waals surface area contributed by atoms with Crippen LogP contribution in [0.2, 0.25) is 0 Å². The highest BCUT2D eigenvalue weighted by molar-refractivity contribution is 5.82. The molecule has 0 saturated heterocycles. The van der Waals surface area contributed by atoms with Crippen LogP contribution >= 0.6 is 0 Å². The van der Waals surface area contributed by atoms with E-state index in [1.165, 1.54) is 12.1 Å². The summed E-state index contributed by atoms with van der Waals surface area (Å²) in [5.74, 6) is -0.343. The Morgan fingerprint density at radius 1 is 1.50 bits per heavy atom. The van der Waals surface area contributed by atoms with Crippen LogP contribution in [-0.2, 0) is 16.0 Å². The fraction of sp³-hybridized carbons (Fsp3) is 0.364. The summed E-state index contributed by atoms with van der Waals surface area (Å²) in [5.41, 5.74) is 0.690. The molecule has 0 N–H and O–H groups in total. The third-order valence-corrected chi connectivity index (χ3v) is 1.76. The zero-order chi connectivity index (χ0) is 10.4. The van der Waals surface area contributed by atoms with Gasteiger partial charge in [-0.2, -0.15) is 0 Å². The first-order valence-electron chi connectivity index (χ1n) is 4.56. The number of benzene rings is 1. The molecule has 0 heterocycles. The molecule has 0 aromatic heterocycles. The van der Waals surface area contributed by atoms with Crippen LogP contribution < -0.4 is 0 Å². The Bertz CT molecular complexity index is 310. The highest BCUT2D eigenvalue weighted by Gasteiger charge is 2.03. The molecular formula is C11H13FO2. The first-order valence-corrected chi connectivity index (χ1v) is 4.56. The largest absolute Gasteiger partial charge is 0.374 e. The molecule has 76 valence electrons. The van der Waals surface area contributed by atoms with Crippen LogP contribution in [0.5, 0.6) is 0 Å². The van der Waals surface area contributed by atoms with Gasteiger partial charge in [-0.3, -0.25) is 4.79 Å². The molecule has 0 aliphatic rings. The Hall–Kier alpha value is -1.22. The van der Waals surface area contributed by atoms with Crippen LogP contribution in [0, 0.1) is 5.82 Å². The second kappa shape index (κ2) is 5.50. The van der Waals surface area contributed by atoms with E-state index in [2.05, 4.69) is 0 Å². The molecule has 1 aromatic carbocycles. The van der Waals surface area contributed by atoms with Crippen molar-refractivity contribution in [3.63, 3.8) is 0 Å². The zero-order valence-electron chi connectivity index (χ0n) is 8.13. The Labute approximate surface area is 82.7 Å². The third-order valence-electron chi connectivity index (χ3n) is 1.76. The van der Waals surface area contributed by atoms with E-state index in [9.17, 15) is 9.18 Å². The minimum atomic E-state index is -0.313. The zero-order valence-corrected chi connectivity index (χ0v) is 8.13. The molecule has 2 nitrogen and oxygen atoms in total. The van der Waals surface area contributed by atoms with Gasteiger partial charge in [-0.15, -0.1) is 0 Å².